The highest BCUT2D eigenvalue weighted by Crippen LogP contribution is 2.09. The van der Waals surface area contributed by atoms with Gasteiger partial charge in [0.1, 0.15) is 0 Å². The lowest BCUT2D eigenvalue weighted by molar-refractivity contribution is -0.152. The van der Waals surface area contributed by atoms with Gasteiger partial charge in [0.15, 0.2) is 0 Å². The minimum atomic E-state index is -0.978. The fourth-order valence-corrected chi connectivity index (χ4v) is 1.58. The Hall–Kier alpha value is -1.59. The molecule has 0 aromatic rings. The Morgan fingerprint density at radius 3 is 2.80 bits per heavy atom. The second kappa shape index (κ2) is 4.29. The lowest BCUT2D eigenvalue weighted by Gasteiger charge is -2.34. The molecule has 0 aromatic heterocycles. The quantitative estimate of drug-likeness (QED) is 0.602. The summed E-state index contributed by atoms with van der Waals surface area (Å²) in [6.07, 6.45) is -0.147. The topological polar surface area (TPSA) is 86.7 Å². The number of amides is 2. The SMILES string of the molecule is CC1CN(C(C)CC(=O)O)C(=O)C(=O)N1. The molecular weight excluding hydrogens is 200 g/mol. The van der Waals surface area contributed by atoms with Crippen LogP contribution in [-0.2, 0) is 14.4 Å². The van der Waals surface area contributed by atoms with E-state index in [9.17, 15) is 14.4 Å². The molecule has 0 aromatic carbocycles. The number of aliphatic carboxylic acids is 1. The number of carboxylic acids is 1. The molecule has 15 heavy (non-hydrogen) atoms. The highest BCUT2D eigenvalue weighted by atomic mass is 16.4. The summed E-state index contributed by atoms with van der Waals surface area (Å²) in [5.74, 6) is -2.29. The van der Waals surface area contributed by atoms with E-state index in [1.54, 1.807) is 13.8 Å². The van der Waals surface area contributed by atoms with Gasteiger partial charge >= 0.3 is 17.8 Å². The van der Waals surface area contributed by atoms with E-state index in [2.05, 4.69) is 5.32 Å². The van der Waals surface area contributed by atoms with Gasteiger partial charge in [-0.25, -0.2) is 0 Å². The average Bonchev–Trinajstić information content (AvgIpc) is 2.09. The smallest absolute Gasteiger partial charge is 0.312 e. The molecule has 6 heteroatoms. The van der Waals surface area contributed by atoms with Crippen LogP contribution in [-0.4, -0.2) is 46.4 Å². The second-order valence-electron chi connectivity index (χ2n) is 3.78. The van der Waals surface area contributed by atoms with Crippen LogP contribution in [0.2, 0.25) is 0 Å². The number of carbonyl (C=O) groups is 3. The number of nitrogens with one attached hydrogen (secondary N) is 1. The van der Waals surface area contributed by atoms with E-state index in [1.807, 2.05) is 0 Å². The molecule has 1 heterocycles. The number of piperazine rings is 1. The molecule has 0 aliphatic carbocycles. The van der Waals surface area contributed by atoms with E-state index in [4.69, 9.17) is 5.11 Å². The van der Waals surface area contributed by atoms with Gasteiger partial charge in [0.05, 0.1) is 6.42 Å². The Balaban J connectivity index is 2.70. The van der Waals surface area contributed by atoms with Gasteiger partial charge in [-0.15, -0.1) is 0 Å². The summed E-state index contributed by atoms with van der Waals surface area (Å²) in [6.45, 7) is 3.75. The first-order valence-electron chi connectivity index (χ1n) is 4.75. The summed E-state index contributed by atoms with van der Waals surface area (Å²) >= 11 is 0. The van der Waals surface area contributed by atoms with Gasteiger partial charge in [0.25, 0.3) is 0 Å². The van der Waals surface area contributed by atoms with Crippen molar-refractivity contribution in [1.29, 1.82) is 0 Å². The predicted molar refractivity (Wildman–Crippen MR) is 51.0 cm³/mol. The molecule has 1 rings (SSSR count). The average molecular weight is 214 g/mol. The van der Waals surface area contributed by atoms with Crippen molar-refractivity contribution in [3.8, 4) is 0 Å². The van der Waals surface area contributed by atoms with Crippen molar-refractivity contribution >= 4 is 17.8 Å². The minimum Gasteiger partial charge on any atom is -0.481 e. The molecule has 6 nitrogen and oxygen atoms in total. The molecule has 0 spiro atoms. The summed E-state index contributed by atoms with van der Waals surface area (Å²) in [5.41, 5.74) is 0. The third-order valence-corrected chi connectivity index (χ3v) is 2.31. The van der Waals surface area contributed by atoms with Gasteiger partial charge in [0.2, 0.25) is 0 Å². The predicted octanol–water partition coefficient (Wildman–Crippen LogP) is -0.803. The first-order chi connectivity index (χ1) is 6.91. The van der Waals surface area contributed by atoms with Crippen LogP contribution in [0, 0.1) is 0 Å². The number of rotatable bonds is 3. The fraction of sp³-hybridized carbons (Fsp3) is 0.667. The van der Waals surface area contributed by atoms with E-state index in [0.717, 1.165) is 0 Å². The molecule has 2 unspecified atom stereocenters. The maximum Gasteiger partial charge on any atom is 0.312 e. The molecule has 1 saturated heterocycles. The zero-order chi connectivity index (χ0) is 11.6. The summed E-state index contributed by atoms with van der Waals surface area (Å²) in [5, 5.41) is 11.1. The molecule has 1 fully saturated rings. The van der Waals surface area contributed by atoms with Crippen molar-refractivity contribution in [3.05, 3.63) is 0 Å². The summed E-state index contributed by atoms with van der Waals surface area (Å²) < 4.78 is 0. The van der Waals surface area contributed by atoms with E-state index < -0.39 is 23.8 Å². The van der Waals surface area contributed by atoms with Crippen LogP contribution in [0.4, 0.5) is 0 Å². The first kappa shape index (κ1) is 11.5. The Bertz CT molecular complexity index is 302. The Labute approximate surface area is 87.2 Å². The van der Waals surface area contributed by atoms with Crippen LogP contribution in [0.1, 0.15) is 20.3 Å². The van der Waals surface area contributed by atoms with Crippen molar-refractivity contribution in [2.45, 2.75) is 32.4 Å². The fourth-order valence-electron chi connectivity index (χ4n) is 1.58. The molecule has 2 atom stereocenters. The van der Waals surface area contributed by atoms with Crippen molar-refractivity contribution in [2.75, 3.05) is 6.54 Å². The molecule has 0 radical (unpaired) electrons. The molecule has 0 bridgehead atoms. The van der Waals surface area contributed by atoms with Gasteiger partial charge in [-0.1, -0.05) is 0 Å². The molecular formula is C9H14N2O4. The van der Waals surface area contributed by atoms with Crippen LogP contribution in [0.15, 0.2) is 0 Å². The number of carboxylic acid groups (broad SMARTS) is 1. The van der Waals surface area contributed by atoms with Crippen LogP contribution in [0.3, 0.4) is 0 Å². The summed E-state index contributed by atoms with van der Waals surface area (Å²) in [7, 11) is 0. The molecule has 0 saturated carbocycles. The first-order valence-corrected chi connectivity index (χ1v) is 4.75. The van der Waals surface area contributed by atoms with Crippen LogP contribution in [0.5, 0.6) is 0 Å². The maximum atomic E-state index is 11.4. The van der Waals surface area contributed by atoms with Crippen molar-refractivity contribution in [3.63, 3.8) is 0 Å². The number of hydrogen-bond donors (Lipinski definition) is 2. The monoisotopic (exact) mass is 214 g/mol. The highest BCUT2D eigenvalue weighted by Gasteiger charge is 2.33. The van der Waals surface area contributed by atoms with Crippen LogP contribution >= 0.6 is 0 Å². The van der Waals surface area contributed by atoms with Crippen molar-refractivity contribution in [2.24, 2.45) is 0 Å². The third-order valence-electron chi connectivity index (χ3n) is 2.31. The molecule has 1 aliphatic rings. The zero-order valence-corrected chi connectivity index (χ0v) is 8.69. The van der Waals surface area contributed by atoms with Crippen molar-refractivity contribution in [1.82, 2.24) is 10.2 Å². The van der Waals surface area contributed by atoms with Gasteiger partial charge < -0.3 is 15.3 Å². The normalized spacial score (nSPS) is 23.6. The lowest BCUT2D eigenvalue weighted by Crippen LogP contribution is -2.59. The Morgan fingerprint density at radius 2 is 2.27 bits per heavy atom. The third kappa shape index (κ3) is 2.68. The number of nitrogens with zero attached hydrogens (tertiary/aromatic N) is 1. The van der Waals surface area contributed by atoms with E-state index in [-0.39, 0.29) is 12.5 Å². The zero-order valence-electron chi connectivity index (χ0n) is 8.69. The molecule has 2 N–H and O–H groups in total. The molecule has 1 aliphatic heterocycles. The standard InChI is InChI=1S/C9H14N2O4/c1-5-4-11(6(2)3-7(12)13)9(15)8(14)10-5/h5-6H,3-4H2,1-2H3,(H,10,14)(H,12,13). The number of hydrogen-bond acceptors (Lipinski definition) is 3. The maximum absolute atomic E-state index is 11.4. The van der Waals surface area contributed by atoms with E-state index in [1.165, 1.54) is 4.90 Å². The van der Waals surface area contributed by atoms with E-state index in [0.29, 0.717) is 6.54 Å². The van der Waals surface area contributed by atoms with Crippen LogP contribution in [0.25, 0.3) is 0 Å². The summed E-state index contributed by atoms with van der Waals surface area (Å²) in [6, 6.07) is -0.588. The van der Waals surface area contributed by atoms with Gasteiger partial charge in [0, 0.05) is 18.6 Å². The minimum absolute atomic E-state index is 0.133. The van der Waals surface area contributed by atoms with Crippen molar-refractivity contribution < 1.29 is 19.5 Å². The summed E-state index contributed by atoms with van der Waals surface area (Å²) in [4.78, 5) is 34.4. The highest BCUT2D eigenvalue weighted by molar-refractivity contribution is 6.35. The largest absolute Gasteiger partial charge is 0.481 e. The molecule has 2 amide bonds. The lowest BCUT2D eigenvalue weighted by atomic mass is 10.1. The van der Waals surface area contributed by atoms with Gasteiger partial charge in [-0.2, -0.15) is 0 Å². The van der Waals surface area contributed by atoms with Gasteiger partial charge in [-0.3, -0.25) is 14.4 Å². The Kier molecular flexibility index (Phi) is 3.28. The second-order valence-corrected chi connectivity index (χ2v) is 3.78. The van der Waals surface area contributed by atoms with Crippen LogP contribution < -0.4 is 5.32 Å². The molecule has 84 valence electrons. The number of carbonyl (C=O) groups excluding carboxylic acids is 2. The van der Waals surface area contributed by atoms with Gasteiger partial charge in [-0.05, 0) is 13.8 Å². The Morgan fingerprint density at radius 1 is 1.67 bits per heavy atom. The van der Waals surface area contributed by atoms with E-state index >= 15 is 0 Å².